The van der Waals surface area contributed by atoms with Crippen LogP contribution in [-0.2, 0) is 14.3 Å². The number of anilines is 1. The van der Waals surface area contributed by atoms with Crippen LogP contribution in [0.3, 0.4) is 0 Å². The first-order valence-electron chi connectivity index (χ1n) is 9.32. The lowest BCUT2D eigenvalue weighted by molar-refractivity contribution is -0.123. The normalized spacial score (nSPS) is 21.7. The quantitative estimate of drug-likeness (QED) is 0.743. The van der Waals surface area contributed by atoms with Crippen LogP contribution in [0.25, 0.3) is 0 Å². The van der Waals surface area contributed by atoms with E-state index < -0.39 is 11.6 Å². The molecule has 7 nitrogen and oxygen atoms in total. The van der Waals surface area contributed by atoms with Gasteiger partial charge in [-0.25, -0.2) is 9.69 Å². The van der Waals surface area contributed by atoms with E-state index in [1.165, 1.54) is 4.90 Å². The Labute approximate surface area is 159 Å². The molecule has 0 aromatic heterocycles. The first-order valence-corrected chi connectivity index (χ1v) is 9.32. The number of rotatable bonds is 2. The molecule has 1 aromatic rings. The third-order valence-corrected chi connectivity index (χ3v) is 4.89. The molecular weight excluding hydrogens is 346 g/mol. The van der Waals surface area contributed by atoms with E-state index in [1.807, 2.05) is 50.8 Å². The predicted octanol–water partition coefficient (Wildman–Crippen LogP) is 2.18. The highest BCUT2D eigenvalue weighted by Crippen LogP contribution is 2.28. The fourth-order valence-electron chi connectivity index (χ4n) is 3.51. The van der Waals surface area contributed by atoms with E-state index in [1.54, 1.807) is 11.0 Å². The van der Waals surface area contributed by atoms with Crippen molar-refractivity contribution in [3.05, 3.63) is 29.8 Å². The molecule has 2 heterocycles. The molecule has 7 heteroatoms. The molecular formula is C20H27N3O4. The minimum absolute atomic E-state index is 0.172. The predicted molar refractivity (Wildman–Crippen MR) is 101 cm³/mol. The maximum absolute atomic E-state index is 12.9. The molecule has 0 unspecified atom stereocenters. The van der Waals surface area contributed by atoms with Crippen LogP contribution in [0.4, 0.5) is 10.5 Å². The summed E-state index contributed by atoms with van der Waals surface area (Å²) in [7, 11) is 0. The summed E-state index contributed by atoms with van der Waals surface area (Å²) in [5.41, 5.74) is 1.02. The van der Waals surface area contributed by atoms with Crippen LogP contribution in [0.1, 0.15) is 32.8 Å². The van der Waals surface area contributed by atoms with Crippen LogP contribution in [0, 0.1) is 6.92 Å². The maximum Gasteiger partial charge on any atom is 0.410 e. The Morgan fingerprint density at radius 3 is 2.30 bits per heavy atom. The van der Waals surface area contributed by atoms with Gasteiger partial charge in [0.2, 0.25) is 5.91 Å². The number of hydrogen-bond acceptors (Lipinski definition) is 5. The van der Waals surface area contributed by atoms with E-state index in [2.05, 4.69) is 0 Å². The topological polar surface area (TPSA) is 70.2 Å². The SMILES string of the molecule is Cc1ccccc1N1C(=O)C[C@@H](N2CCN(C(=O)OC(C)(C)C)CC2)C1=O. The molecule has 0 saturated carbocycles. The molecule has 0 spiro atoms. The third-order valence-electron chi connectivity index (χ3n) is 4.89. The monoisotopic (exact) mass is 373 g/mol. The summed E-state index contributed by atoms with van der Waals surface area (Å²) in [5.74, 6) is -0.353. The van der Waals surface area contributed by atoms with Gasteiger partial charge < -0.3 is 9.64 Å². The molecule has 1 aromatic carbocycles. The van der Waals surface area contributed by atoms with Crippen molar-refractivity contribution in [1.82, 2.24) is 9.80 Å². The minimum Gasteiger partial charge on any atom is -0.444 e. The summed E-state index contributed by atoms with van der Waals surface area (Å²) in [4.78, 5) is 42.6. The van der Waals surface area contributed by atoms with E-state index in [9.17, 15) is 14.4 Å². The summed E-state index contributed by atoms with van der Waals surface area (Å²) in [6, 6.07) is 6.95. The average molecular weight is 373 g/mol. The Balaban J connectivity index is 1.64. The van der Waals surface area contributed by atoms with Gasteiger partial charge in [0, 0.05) is 26.2 Å². The zero-order valence-corrected chi connectivity index (χ0v) is 16.4. The summed E-state index contributed by atoms with van der Waals surface area (Å²) >= 11 is 0. The van der Waals surface area contributed by atoms with Crippen molar-refractivity contribution < 1.29 is 19.1 Å². The lowest BCUT2D eigenvalue weighted by Gasteiger charge is -2.37. The van der Waals surface area contributed by atoms with Crippen molar-refractivity contribution in [3.63, 3.8) is 0 Å². The molecule has 0 aliphatic carbocycles. The first-order chi connectivity index (χ1) is 12.7. The second-order valence-electron chi connectivity index (χ2n) is 8.08. The molecule has 1 atom stereocenters. The van der Waals surface area contributed by atoms with Gasteiger partial charge in [0.25, 0.3) is 5.91 Å². The molecule has 2 aliphatic heterocycles. The Morgan fingerprint density at radius 2 is 1.70 bits per heavy atom. The van der Waals surface area contributed by atoms with Gasteiger partial charge in [0.1, 0.15) is 5.60 Å². The van der Waals surface area contributed by atoms with Crippen molar-refractivity contribution in [2.75, 3.05) is 31.1 Å². The Kier molecular flexibility index (Phi) is 5.24. The minimum atomic E-state index is -0.532. The number of amides is 3. The van der Waals surface area contributed by atoms with Crippen molar-refractivity contribution in [2.24, 2.45) is 0 Å². The number of carbonyl (C=O) groups excluding carboxylic acids is 3. The van der Waals surface area contributed by atoms with Gasteiger partial charge in [-0.1, -0.05) is 18.2 Å². The number of piperazine rings is 1. The van der Waals surface area contributed by atoms with Crippen molar-refractivity contribution in [1.29, 1.82) is 0 Å². The first kappa shape index (κ1) is 19.4. The number of ether oxygens (including phenoxy) is 1. The zero-order chi connectivity index (χ0) is 19.8. The summed E-state index contributed by atoms with van der Waals surface area (Å²) in [6.45, 7) is 9.46. The summed E-state index contributed by atoms with van der Waals surface area (Å²) in [5, 5.41) is 0. The van der Waals surface area contributed by atoms with Gasteiger partial charge in [-0.2, -0.15) is 0 Å². The largest absolute Gasteiger partial charge is 0.444 e. The van der Waals surface area contributed by atoms with Crippen LogP contribution in [-0.4, -0.2) is 65.5 Å². The standard InChI is InChI=1S/C20H27N3O4/c1-14-7-5-6-8-15(14)23-17(24)13-16(18(23)25)21-9-11-22(12-10-21)19(26)27-20(2,3)4/h5-8,16H,9-13H2,1-4H3/t16-/m1/s1. The Morgan fingerprint density at radius 1 is 1.07 bits per heavy atom. The van der Waals surface area contributed by atoms with E-state index in [0.29, 0.717) is 31.9 Å². The van der Waals surface area contributed by atoms with Gasteiger partial charge >= 0.3 is 6.09 Å². The second-order valence-corrected chi connectivity index (χ2v) is 8.08. The third kappa shape index (κ3) is 4.13. The fourth-order valence-corrected chi connectivity index (χ4v) is 3.51. The highest BCUT2D eigenvalue weighted by atomic mass is 16.6. The molecule has 0 N–H and O–H groups in total. The number of aryl methyl sites for hydroxylation is 1. The van der Waals surface area contributed by atoms with Gasteiger partial charge in [0.15, 0.2) is 0 Å². The number of imide groups is 1. The van der Waals surface area contributed by atoms with Crippen LogP contribution < -0.4 is 4.90 Å². The van der Waals surface area contributed by atoms with E-state index in [-0.39, 0.29) is 24.3 Å². The fraction of sp³-hybridized carbons (Fsp3) is 0.550. The van der Waals surface area contributed by atoms with E-state index >= 15 is 0 Å². The molecule has 146 valence electrons. The molecule has 3 amide bonds. The highest BCUT2D eigenvalue weighted by Gasteiger charge is 2.44. The smallest absolute Gasteiger partial charge is 0.410 e. The summed E-state index contributed by atoms with van der Waals surface area (Å²) in [6.07, 6.45) is -0.155. The second kappa shape index (κ2) is 7.31. The van der Waals surface area contributed by atoms with Gasteiger partial charge in [-0.15, -0.1) is 0 Å². The van der Waals surface area contributed by atoms with Crippen LogP contribution in [0.5, 0.6) is 0 Å². The van der Waals surface area contributed by atoms with Crippen molar-refractivity contribution in [2.45, 2.75) is 45.8 Å². The van der Waals surface area contributed by atoms with Crippen molar-refractivity contribution >= 4 is 23.6 Å². The van der Waals surface area contributed by atoms with Gasteiger partial charge in [-0.3, -0.25) is 14.5 Å². The average Bonchev–Trinajstić information content (AvgIpc) is 2.89. The van der Waals surface area contributed by atoms with Gasteiger partial charge in [0.05, 0.1) is 18.2 Å². The highest BCUT2D eigenvalue weighted by molar-refractivity contribution is 6.22. The summed E-state index contributed by atoms with van der Waals surface area (Å²) < 4.78 is 5.40. The number of hydrogen-bond donors (Lipinski definition) is 0. The van der Waals surface area contributed by atoms with Crippen LogP contribution >= 0.6 is 0 Å². The zero-order valence-electron chi connectivity index (χ0n) is 16.4. The molecule has 0 radical (unpaired) electrons. The van der Waals surface area contributed by atoms with Crippen molar-refractivity contribution in [3.8, 4) is 0 Å². The molecule has 2 aliphatic rings. The Bertz CT molecular complexity index is 748. The van der Waals surface area contributed by atoms with Crippen LogP contribution in [0.15, 0.2) is 24.3 Å². The lowest BCUT2D eigenvalue weighted by atomic mass is 10.1. The molecule has 2 fully saturated rings. The Hall–Kier alpha value is -2.41. The molecule has 27 heavy (non-hydrogen) atoms. The van der Waals surface area contributed by atoms with Gasteiger partial charge in [-0.05, 0) is 39.3 Å². The maximum atomic E-state index is 12.9. The van der Waals surface area contributed by atoms with E-state index in [0.717, 1.165) is 5.56 Å². The molecule has 2 saturated heterocycles. The number of benzene rings is 1. The van der Waals surface area contributed by atoms with E-state index in [4.69, 9.17) is 4.74 Å². The van der Waals surface area contributed by atoms with Crippen LogP contribution in [0.2, 0.25) is 0 Å². The lowest BCUT2D eigenvalue weighted by Crippen LogP contribution is -2.54. The number of carbonyl (C=O) groups is 3. The molecule has 0 bridgehead atoms. The number of nitrogens with zero attached hydrogens (tertiary/aromatic N) is 3. The molecule has 3 rings (SSSR count). The number of para-hydroxylation sites is 1.